The van der Waals surface area contributed by atoms with Crippen molar-refractivity contribution in [2.45, 2.75) is 51.2 Å². The van der Waals surface area contributed by atoms with Gasteiger partial charge in [-0.2, -0.15) is 0 Å². The predicted octanol–water partition coefficient (Wildman–Crippen LogP) is 3.98. The number of benzene rings is 1. The van der Waals surface area contributed by atoms with E-state index in [9.17, 15) is 4.79 Å². The van der Waals surface area contributed by atoms with Crippen LogP contribution in [0, 0.1) is 0 Å². The van der Waals surface area contributed by atoms with Gasteiger partial charge in [-0.25, -0.2) is 0 Å². The number of hydrogen-bond acceptors (Lipinski definition) is 2. The lowest BCUT2D eigenvalue weighted by Gasteiger charge is -2.22. The summed E-state index contributed by atoms with van der Waals surface area (Å²) >= 11 is 3.45. The second-order valence-electron chi connectivity index (χ2n) is 5.37. The lowest BCUT2D eigenvalue weighted by atomic mass is 10.0. The van der Waals surface area contributed by atoms with Crippen LogP contribution >= 0.6 is 15.9 Å². The summed E-state index contributed by atoms with van der Waals surface area (Å²) in [5, 5.41) is 3.05. The lowest BCUT2D eigenvalue weighted by Crippen LogP contribution is -2.28. The van der Waals surface area contributed by atoms with Gasteiger partial charge in [-0.1, -0.05) is 28.1 Å². The molecule has 1 amide bonds. The molecule has 1 aliphatic heterocycles. The van der Waals surface area contributed by atoms with E-state index in [1.54, 1.807) is 0 Å². The van der Waals surface area contributed by atoms with Gasteiger partial charge in [0.2, 0.25) is 5.91 Å². The fourth-order valence-electron chi connectivity index (χ4n) is 2.50. The Kier molecular flexibility index (Phi) is 6.05. The maximum absolute atomic E-state index is 12.0. The average Bonchev–Trinajstić information content (AvgIpc) is 2.46. The molecule has 1 saturated heterocycles. The third-order valence-electron chi connectivity index (χ3n) is 3.69. The Hall–Kier alpha value is -0.870. The molecule has 2 rings (SSSR count). The second-order valence-corrected chi connectivity index (χ2v) is 6.29. The van der Waals surface area contributed by atoms with Gasteiger partial charge in [0.05, 0.1) is 12.1 Å². The van der Waals surface area contributed by atoms with Crippen LogP contribution in [0.15, 0.2) is 28.7 Å². The molecule has 2 unspecified atom stereocenters. The van der Waals surface area contributed by atoms with E-state index in [4.69, 9.17) is 4.74 Å². The van der Waals surface area contributed by atoms with Gasteiger partial charge in [0.15, 0.2) is 0 Å². The minimum absolute atomic E-state index is 0.0345. The Balaban J connectivity index is 1.76. The molecule has 1 aromatic carbocycles. The summed E-state index contributed by atoms with van der Waals surface area (Å²) in [6.07, 6.45) is 5.12. The molecule has 0 aromatic heterocycles. The van der Waals surface area contributed by atoms with Crippen LogP contribution in [-0.4, -0.2) is 18.6 Å². The number of hydrogen-bond donors (Lipinski definition) is 1. The van der Waals surface area contributed by atoms with Crippen LogP contribution < -0.4 is 5.32 Å². The third-order valence-corrected chi connectivity index (χ3v) is 4.19. The molecule has 0 saturated carbocycles. The molecule has 4 heteroatoms. The molecule has 0 aliphatic carbocycles. The largest absolute Gasteiger partial charge is 0.378 e. The van der Waals surface area contributed by atoms with Crippen molar-refractivity contribution in [2.24, 2.45) is 0 Å². The topological polar surface area (TPSA) is 38.3 Å². The Morgan fingerprint density at radius 3 is 3.05 bits per heavy atom. The van der Waals surface area contributed by atoms with Gasteiger partial charge in [0.1, 0.15) is 0 Å². The highest BCUT2D eigenvalue weighted by atomic mass is 79.9. The average molecular weight is 340 g/mol. The quantitative estimate of drug-likeness (QED) is 0.881. The fraction of sp³-hybridized carbons (Fsp3) is 0.562. The molecule has 1 aliphatic rings. The first-order valence-corrected chi connectivity index (χ1v) is 8.11. The standard InChI is InChI=1S/C16H22BrNO2/c1-12(13-5-4-6-14(17)11-13)18-16(19)9-8-15-7-2-3-10-20-15/h4-6,11-12,15H,2-3,7-10H2,1H3,(H,18,19). The Morgan fingerprint density at radius 1 is 1.50 bits per heavy atom. The zero-order chi connectivity index (χ0) is 14.4. The van der Waals surface area contributed by atoms with Crippen LogP contribution in [0.25, 0.3) is 0 Å². The number of carbonyl (C=O) groups excluding carboxylic acids is 1. The lowest BCUT2D eigenvalue weighted by molar-refractivity contribution is -0.122. The Morgan fingerprint density at radius 2 is 2.35 bits per heavy atom. The van der Waals surface area contributed by atoms with Crippen LogP contribution in [0.1, 0.15) is 50.6 Å². The summed E-state index contributed by atoms with van der Waals surface area (Å²) in [5.74, 6) is 0.103. The molecule has 1 N–H and O–H groups in total. The molecule has 2 atom stereocenters. The summed E-state index contributed by atoms with van der Waals surface area (Å²) in [6, 6.07) is 8.07. The van der Waals surface area contributed by atoms with Crippen molar-refractivity contribution in [1.29, 1.82) is 0 Å². The predicted molar refractivity (Wildman–Crippen MR) is 83.5 cm³/mol. The maximum Gasteiger partial charge on any atom is 0.220 e. The molecule has 0 spiro atoms. The molecular weight excluding hydrogens is 318 g/mol. The first kappa shape index (κ1) is 15.5. The van der Waals surface area contributed by atoms with E-state index in [0.29, 0.717) is 6.42 Å². The summed E-state index contributed by atoms with van der Waals surface area (Å²) in [5.41, 5.74) is 1.11. The van der Waals surface area contributed by atoms with Crippen molar-refractivity contribution in [1.82, 2.24) is 5.32 Å². The summed E-state index contributed by atoms with van der Waals surface area (Å²) in [6.45, 7) is 2.86. The number of amides is 1. The van der Waals surface area contributed by atoms with Gasteiger partial charge in [-0.05, 0) is 50.3 Å². The van der Waals surface area contributed by atoms with E-state index >= 15 is 0 Å². The van der Waals surface area contributed by atoms with Crippen LogP contribution in [0.5, 0.6) is 0 Å². The van der Waals surface area contributed by atoms with Gasteiger partial charge in [0, 0.05) is 17.5 Å². The van der Waals surface area contributed by atoms with Gasteiger partial charge < -0.3 is 10.1 Å². The summed E-state index contributed by atoms with van der Waals surface area (Å²) in [4.78, 5) is 12.0. The number of nitrogens with one attached hydrogen (secondary N) is 1. The first-order valence-electron chi connectivity index (χ1n) is 7.31. The van der Waals surface area contributed by atoms with E-state index in [1.807, 2.05) is 31.2 Å². The zero-order valence-corrected chi connectivity index (χ0v) is 13.5. The molecule has 1 heterocycles. The SMILES string of the molecule is CC(NC(=O)CCC1CCCCO1)c1cccc(Br)c1. The van der Waals surface area contributed by atoms with Crippen molar-refractivity contribution in [3.05, 3.63) is 34.3 Å². The maximum atomic E-state index is 12.0. The van der Waals surface area contributed by atoms with E-state index in [2.05, 4.69) is 21.2 Å². The number of carbonyl (C=O) groups is 1. The number of halogens is 1. The van der Waals surface area contributed by atoms with Crippen molar-refractivity contribution >= 4 is 21.8 Å². The van der Waals surface area contributed by atoms with Gasteiger partial charge in [-0.15, -0.1) is 0 Å². The molecule has 1 fully saturated rings. The fourth-order valence-corrected chi connectivity index (χ4v) is 2.92. The van der Waals surface area contributed by atoms with Gasteiger partial charge in [-0.3, -0.25) is 4.79 Å². The van der Waals surface area contributed by atoms with E-state index in [0.717, 1.165) is 35.9 Å². The summed E-state index contributed by atoms with van der Waals surface area (Å²) in [7, 11) is 0. The highest BCUT2D eigenvalue weighted by Gasteiger charge is 2.16. The van der Waals surface area contributed by atoms with Crippen molar-refractivity contribution in [3.63, 3.8) is 0 Å². The molecular formula is C16H22BrNO2. The van der Waals surface area contributed by atoms with Crippen LogP contribution in [0.3, 0.4) is 0 Å². The number of rotatable bonds is 5. The molecule has 1 aromatic rings. The van der Waals surface area contributed by atoms with Crippen LogP contribution in [0.4, 0.5) is 0 Å². The Bertz CT molecular complexity index is 444. The molecule has 20 heavy (non-hydrogen) atoms. The van der Waals surface area contributed by atoms with E-state index < -0.39 is 0 Å². The van der Waals surface area contributed by atoms with Crippen LogP contribution in [0.2, 0.25) is 0 Å². The van der Waals surface area contributed by atoms with Crippen molar-refractivity contribution in [3.8, 4) is 0 Å². The number of ether oxygens (including phenoxy) is 1. The van der Waals surface area contributed by atoms with Crippen LogP contribution in [-0.2, 0) is 9.53 Å². The smallest absolute Gasteiger partial charge is 0.220 e. The second kappa shape index (κ2) is 7.79. The first-order chi connectivity index (χ1) is 9.65. The highest BCUT2D eigenvalue weighted by Crippen LogP contribution is 2.19. The Labute approximate surface area is 129 Å². The van der Waals surface area contributed by atoms with Crippen molar-refractivity contribution in [2.75, 3.05) is 6.61 Å². The molecule has 0 bridgehead atoms. The summed E-state index contributed by atoms with van der Waals surface area (Å²) < 4.78 is 6.68. The normalized spacial score (nSPS) is 20.4. The van der Waals surface area contributed by atoms with Gasteiger partial charge >= 0.3 is 0 Å². The molecule has 3 nitrogen and oxygen atoms in total. The zero-order valence-electron chi connectivity index (χ0n) is 11.9. The van der Waals surface area contributed by atoms with E-state index in [1.165, 1.54) is 6.42 Å². The monoisotopic (exact) mass is 339 g/mol. The third kappa shape index (κ3) is 4.91. The van der Waals surface area contributed by atoms with Gasteiger partial charge in [0.25, 0.3) is 0 Å². The molecule has 110 valence electrons. The minimum atomic E-state index is 0.0345. The van der Waals surface area contributed by atoms with E-state index in [-0.39, 0.29) is 18.1 Å². The minimum Gasteiger partial charge on any atom is -0.378 e. The molecule has 0 radical (unpaired) electrons. The van der Waals surface area contributed by atoms with Crippen molar-refractivity contribution < 1.29 is 9.53 Å². The highest BCUT2D eigenvalue weighted by molar-refractivity contribution is 9.10.